The van der Waals surface area contributed by atoms with Gasteiger partial charge in [0.2, 0.25) is 0 Å². The molecule has 3 heteroatoms. The van der Waals surface area contributed by atoms with Crippen LogP contribution in [0.25, 0.3) is 10.2 Å². The third-order valence-electron chi connectivity index (χ3n) is 3.49. The Morgan fingerprint density at radius 2 is 2.05 bits per heavy atom. The Morgan fingerprint density at radius 1 is 1.21 bits per heavy atom. The molecule has 0 saturated carbocycles. The zero-order valence-corrected chi connectivity index (χ0v) is 12.8. The number of unbranched alkanes of at least 4 members (excludes halogenated alkanes) is 4. The maximum Gasteiger partial charge on any atom is 0.0813 e. The van der Waals surface area contributed by atoms with Crippen LogP contribution in [0.3, 0.4) is 0 Å². The second kappa shape index (κ2) is 7.49. The van der Waals surface area contributed by atoms with Crippen molar-refractivity contribution in [1.29, 1.82) is 0 Å². The molecule has 1 aromatic heterocycles. The van der Waals surface area contributed by atoms with Gasteiger partial charge >= 0.3 is 0 Å². The molecular formula is C16H24N2S. The average molecular weight is 276 g/mol. The van der Waals surface area contributed by atoms with Crippen molar-refractivity contribution in [2.75, 3.05) is 5.32 Å². The molecule has 1 unspecified atom stereocenters. The minimum atomic E-state index is 0.548. The molecule has 1 aromatic carbocycles. The van der Waals surface area contributed by atoms with Gasteiger partial charge in [0.15, 0.2) is 0 Å². The Bertz CT molecular complexity index is 492. The van der Waals surface area contributed by atoms with Crippen molar-refractivity contribution in [2.45, 2.75) is 58.4 Å². The van der Waals surface area contributed by atoms with Gasteiger partial charge in [-0.05, 0) is 31.5 Å². The summed E-state index contributed by atoms with van der Waals surface area (Å²) < 4.78 is 1.26. The summed E-state index contributed by atoms with van der Waals surface area (Å²) in [6.45, 7) is 4.54. The Hall–Kier alpha value is -1.09. The van der Waals surface area contributed by atoms with Gasteiger partial charge in [-0.15, -0.1) is 11.3 Å². The van der Waals surface area contributed by atoms with Crippen molar-refractivity contribution >= 4 is 27.2 Å². The van der Waals surface area contributed by atoms with Crippen LogP contribution in [0, 0.1) is 0 Å². The summed E-state index contributed by atoms with van der Waals surface area (Å²) in [4.78, 5) is 4.31. The number of fused-ring (bicyclic) bond motifs is 1. The van der Waals surface area contributed by atoms with E-state index in [4.69, 9.17) is 0 Å². The van der Waals surface area contributed by atoms with Crippen molar-refractivity contribution in [1.82, 2.24) is 4.98 Å². The summed E-state index contributed by atoms with van der Waals surface area (Å²) in [5, 5.41) is 3.59. The third kappa shape index (κ3) is 4.50. The molecule has 0 fully saturated rings. The number of hydrogen-bond donors (Lipinski definition) is 1. The first kappa shape index (κ1) is 14.3. The second-order valence-corrected chi connectivity index (χ2v) is 6.17. The summed E-state index contributed by atoms with van der Waals surface area (Å²) in [6.07, 6.45) is 8.04. The first-order valence-electron chi connectivity index (χ1n) is 7.39. The molecule has 0 aliphatic rings. The molecular weight excluding hydrogens is 252 g/mol. The van der Waals surface area contributed by atoms with E-state index in [9.17, 15) is 0 Å². The molecule has 2 aromatic rings. The first-order valence-corrected chi connectivity index (χ1v) is 8.27. The van der Waals surface area contributed by atoms with E-state index < -0.39 is 0 Å². The van der Waals surface area contributed by atoms with Crippen LogP contribution in [0.4, 0.5) is 5.69 Å². The molecule has 104 valence electrons. The van der Waals surface area contributed by atoms with Gasteiger partial charge in [-0.1, -0.05) is 39.0 Å². The van der Waals surface area contributed by atoms with Crippen LogP contribution in [0.15, 0.2) is 23.7 Å². The predicted octanol–water partition coefficient (Wildman–Crippen LogP) is 5.46. The fourth-order valence-corrected chi connectivity index (χ4v) is 3.07. The molecule has 0 bridgehead atoms. The molecule has 0 aliphatic carbocycles. The van der Waals surface area contributed by atoms with Crippen LogP contribution in [-0.2, 0) is 0 Å². The van der Waals surface area contributed by atoms with Crippen molar-refractivity contribution in [3.05, 3.63) is 23.7 Å². The van der Waals surface area contributed by atoms with Gasteiger partial charge in [0.25, 0.3) is 0 Å². The van der Waals surface area contributed by atoms with Crippen molar-refractivity contribution in [3.63, 3.8) is 0 Å². The Kier molecular flexibility index (Phi) is 5.64. The van der Waals surface area contributed by atoms with Crippen molar-refractivity contribution in [2.24, 2.45) is 0 Å². The van der Waals surface area contributed by atoms with Gasteiger partial charge in [-0.3, -0.25) is 0 Å². The third-order valence-corrected chi connectivity index (χ3v) is 4.28. The van der Waals surface area contributed by atoms with Gasteiger partial charge in [0, 0.05) is 11.7 Å². The number of anilines is 1. The molecule has 0 saturated heterocycles. The fourth-order valence-electron chi connectivity index (χ4n) is 2.36. The van der Waals surface area contributed by atoms with E-state index >= 15 is 0 Å². The molecule has 1 heterocycles. The van der Waals surface area contributed by atoms with Gasteiger partial charge < -0.3 is 5.32 Å². The van der Waals surface area contributed by atoms with Gasteiger partial charge in [0.1, 0.15) is 0 Å². The maximum atomic E-state index is 4.31. The highest BCUT2D eigenvalue weighted by atomic mass is 32.1. The molecule has 1 N–H and O–H groups in total. The standard InChI is InChI=1S/C16H24N2S/c1-3-4-5-6-7-8-13(2)18-14-9-10-15-16(11-14)19-12-17-15/h9-13,18H,3-8H2,1-2H3. The zero-order chi connectivity index (χ0) is 13.5. The summed E-state index contributed by atoms with van der Waals surface area (Å²) in [5.41, 5.74) is 4.23. The van der Waals surface area contributed by atoms with E-state index in [0.717, 1.165) is 5.52 Å². The van der Waals surface area contributed by atoms with Gasteiger partial charge in [-0.25, -0.2) is 4.98 Å². The lowest BCUT2D eigenvalue weighted by molar-refractivity contribution is 0.578. The minimum Gasteiger partial charge on any atom is -0.383 e. The number of aromatic nitrogens is 1. The highest BCUT2D eigenvalue weighted by molar-refractivity contribution is 7.16. The fraction of sp³-hybridized carbons (Fsp3) is 0.562. The van der Waals surface area contributed by atoms with Crippen LogP contribution in [0.5, 0.6) is 0 Å². The Balaban J connectivity index is 1.76. The first-order chi connectivity index (χ1) is 9.29. The van der Waals surface area contributed by atoms with E-state index in [0.29, 0.717) is 6.04 Å². The monoisotopic (exact) mass is 276 g/mol. The quantitative estimate of drug-likeness (QED) is 0.648. The van der Waals surface area contributed by atoms with Crippen LogP contribution >= 0.6 is 11.3 Å². The highest BCUT2D eigenvalue weighted by Gasteiger charge is 2.03. The smallest absolute Gasteiger partial charge is 0.0813 e. The molecule has 0 aliphatic heterocycles. The van der Waals surface area contributed by atoms with Crippen LogP contribution in [0.1, 0.15) is 52.4 Å². The molecule has 2 rings (SSSR count). The van der Waals surface area contributed by atoms with E-state index in [1.807, 2.05) is 5.51 Å². The minimum absolute atomic E-state index is 0.548. The lowest BCUT2D eigenvalue weighted by atomic mass is 10.1. The Labute approximate surface area is 120 Å². The molecule has 2 nitrogen and oxygen atoms in total. The largest absolute Gasteiger partial charge is 0.383 e. The van der Waals surface area contributed by atoms with E-state index in [2.05, 4.69) is 42.3 Å². The number of rotatable bonds is 8. The molecule has 0 radical (unpaired) electrons. The zero-order valence-electron chi connectivity index (χ0n) is 12.0. The molecule has 0 amide bonds. The van der Waals surface area contributed by atoms with E-state index in [1.165, 1.54) is 48.9 Å². The normalized spacial score (nSPS) is 12.7. The summed E-state index contributed by atoms with van der Waals surface area (Å²) >= 11 is 1.70. The number of hydrogen-bond acceptors (Lipinski definition) is 3. The highest BCUT2D eigenvalue weighted by Crippen LogP contribution is 2.22. The second-order valence-electron chi connectivity index (χ2n) is 5.28. The average Bonchev–Trinajstić information content (AvgIpc) is 2.86. The maximum absolute atomic E-state index is 4.31. The van der Waals surface area contributed by atoms with Gasteiger partial charge in [0.05, 0.1) is 15.7 Å². The predicted molar refractivity (Wildman–Crippen MR) is 86.1 cm³/mol. The van der Waals surface area contributed by atoms with Crippen LogP contribution in [-0.4, -0.2) is 11.0 Å². The molecule has 1 atom stereocenters. The summed E-state index contributed by atoms with van der Waals surface area (Å²) in [5.74, 6) is 0. The van der Waals surface area contributed by atoms with E-state index in [1.54, 1.807) is 11.3 Å². The number of nitrogens with zero attached hydrogens (tertiary/aromatic N) is 1. The number of nitrogens with one attached hydrogen (secondary N) is 1. The Morgan fingerprint density at radius 3 is 2.89 bits per heavy atom. The van der Waals surface area contributed by atoms with Crippen LogP contribution < -0.4 is 5.32 Å². The van der Waals surface area contributed by atoms with E-state index in [-0.39, 0.29) is 0 Å². The number of thiazole rings is 1. The lowest BCUT2D eigenvalue weighted by Gasteiger charge is -2.15. The van der Waals surface area contributed by atoms with Crippen molar-refractivity contribution < 1.29 is 0 Å². The lowest BCUT2D eigenvalue weighted by Crippen LogP contribution is -2.14. The van der Waals surface area contributed by atoms with Crippen LogP contribution in [0.2, 0.25) is 0 Å². The topological polar surface area (TPSA) is 24.9 Å². The number of benzene rings is 1. The van der Waals surface area contributed by atoms with Gasteiger partial charge in [-0.2, -0.15) is 0 Å². The van der Waals surface area contributed by atoms with Crippen molar-refractivity contribution in [3.8, 4) is 0 Å². The SMILES string of the molecule is CCCCCCCC(C)Nc1ccc2ncsc2c1. The summed E-state index contributed by atoms with van der Waals surface area (Å²) in [6, 6.07) is 6.99. The molecule has 0 spiro atoms. The molecule has 19 heavy (non-hydrogen) atoms. The summed E-state index contributed by atoms with van der Waals surface area (Å²) in [7, 11) is 0.